The quantitative estimate of drug-likeness (QED) is 0.583. The van der Waals surface area contributed by atoms with Gasteiger partial charge in [0.2, 0.25) is 0 Å². The standard InChI is InChI=1S/C14H11N5O2/c20-19(21)14-2-1-13(11-4-6-15-8-12(11)14)17-7-10-3-5-16-9-18-10/h1-6,8-9,17H,7H2. The first kappa shape index (κ1) is 12.9. The van der Waals surface area contributed by atoms with Crippen LogP contribution in [0.3, 0.4) is 0 Å². The van der Waals surface area contributed by atoms with Gasteiger partial charge >= 0.3 is 0 Å². The van der Waals surface area contributed by atoms with Crippen LogP contribution < -0.4 is 5.32 Å². The Kier molecular flexibility index (Phi) is 3.38. The maximum atomic E-state index is 11.0. The summed E-state index contributed by atoms with van der Waals surface area (Å²) in [5.41, 5.74) is 1.69. The lowest BCUT2D eigenvalue weighted by atomic mass is 10.1. The fourth-order valence-electron chi connectivity index (χ4n) is 2.10. The molecule has 2 heterocycles. The molecule has 0 amide bonds. The number of rotatable bonds is 4. The molecule has 0 bridgehead atoms. The number of fused-ring (bicyclic) bond motifs is 1. The minimum absolute atomic E-state index is 0.0469. The zero-order valence-corrected chi connectivity index (χ0v) is 10.9. The minimum Gasteiger partial charge on any atom is -0.379 e. The number of non-ortho nitro benzene ring substituents is 1. The zero-order valence-electron chi connectivity index (χ0n) is 10.9. The van der Waals surface area contributed by atoms with Crippen LogP contribution in [-0.2, 0) is 6.54 Å². The van der Waals surface area contributed by atoms with Gasteiger partial charge < -0.3 is 5.32 Å². The SMILES string of the molecule is O=[N+]([O-])c1ccc(NCc2ccncn2)c2ccncc12. The molecule has 7 nitrogen and oxygen atoms in total. The number of nitrogens with zero attached hydrogens (tertiary/aromatic N) is 4. The average Bonchev–Trinajstić information content (AvgIpc) is 2.53. The van der Waals surface area contributed by atoms with Gasteiger partial charge in [-0.05, 0) is 18.2 Å². The number of anilines is 1. The van der Waals surface area contributed by atoms with Gasteiger partial charge in [0.25, 0.3) is 5.69 Å². The Morgan fingerprint density at radius 1 is 1.10 bits per heavy atom. The van der Waals surface area contributed by atoms with Crippen molar-refractivity contribution in [2.75, 3.05) is 5.32 Å². The minimum atomic E-state index is -0.405. The number of nitro benzene ring substituents is 1. The molecule has 0 unspecified atom stereocenters. The number of nitro groups is 1. The summed E-state index contributed by atoms with van der Waals surface area (Å²) in [5.74, 6) is 0. The Bertz CT molecular complexity index is 792. The molecule has 104 valence electrons. The zero-order chi connectivity index (χ0) is 14.7. The predicted octanol–water partition coefficient (Wildman–Crippen LogP) is 2.55. The highest BCUT2D eigenvalue weighted by Gasteiger charge is 2.14. The van der Waals surface area contributed by atoms with Gasteiger partial charge in [0.1, 0.15) is 6.33 Å². The first-order valence-corrected chi connectivity index (χ1v) is 6.25. The normalized spacial score (nSPS) is 10.5. The van der Waals surface area contributed by atoms with Crippen LogP contribution in [0.15, 0.2) is 49.2 Å². The number of benzene rings is 1. The second-order valence-corrected chi connectivity index (χ2v) is 4.36. The van der Waals surface area contributed by atoms with E-state index in [1.165, 1.54) is 18.6 Å². The third-order valence-corrected chi connectivity index (χ3v) is 3.09. The topological polar surface area (TPSA) is 93.8 Å². The summed E-state index contributed by atoms with van der Waals surface area (Å²) in [5, 5.41) is 15.5. The van der Waals surface area contributed by atoms with Gasteiger partial charge in [-0.2, -0.15) is 0 Å². The molecule has 2 aromatic heterocycles. The molecule has 3 aromatic rings. The van der Waals surface area contributed by atoms with E-state index in [9.17, 15) is 10.1 Å². The molecule has 21 heavy (non-hydrogen) atoms. The van der Waals surface area contributed by atoms with Crippen LogP contribution >= 0.6 is 0 Å². The summed E-state index contributed by atoms with van der Waals surface area (Å²) >= 11 is 0. The molecule has 0 saturated carbocycles. The monoisotopic (exact) mass is 281 g/mol. The highest BCUT2D eigenvalue weighted by atomic mass is 16.6. The Balaban J connectivity index is 1.96. The van der Waals surface area contributed by atoms with Crippen molar-refractivity contribution in [2.24, 2.45) is 0 Å². The van der Waals surface area contributed by atoms with Gasteiger partial charge in [0.15, 0.2) is 0 Å². The maximum absolute atomic E-state index is 11.0. The fourth-order valence-corrected chi connectivity index (χ4v) is 2.10. The molecule has 7 heteroatoms. The molecule has 1 aromatic carbocycles. The van der Waals surface area contributed by atoms with Crippen molar-refractivity contribution in [3.63, 3.8) is 0 Å². The smallest absolute Gasteiger partial charge is 0.278 e. The average molecular weight is 281 g/mol. The molecule has 0 fully saturated rings. The first-order chi connectivity index (χ1) is 10.3. The molecule has 0 radical (unpaired) electrons. The van der Waals surface area contributed by atoms with Gasteiger partial charge in [-0.1, -0.05) is 0 Å². The highest BCUT2D eigenvalue weighted by molar-refractivity contribution is 5.99. The van der Waals surface area contributed by atoms with E-state index in [0.717, 1.165) is 16.8 Å². The largest absolute Gasteiger partial charge is 0.379 e. The summed E-state index contributed by atoms with van der Waals surface area (Å²) in [6, 6.07) is 6.74. The Morgan fingerprint density at radius 3 is 2.71 bits per heavy atom. The lowest BCUT2D eigenvalue weighted by Gasteiger charge is -2.09. The molecule has 3 rings (SSSR count). The van der Waals surface area contributed by atoms with Crippen molar-refractivity contribution < 1.29 is 4.92 Å². The van der Waals surface area contributed by atoms with E-state index in [4.69, 9.17) is 0 Å². The van der Waals surface area contributed by atoms with Gasteiger partial charge in [-0.3, -0.25) is 15.1 Å². The van der Waals surface area contributed by atoms with Crippen LogP contribution in [0.2, 0.25) is 0 Å². The van der Waals surface area contributed by atoms with Crippen molar-refractivity contribution in [1.29, 1.82) is 0 Å². The molecule has 0 atom stereocenters. The van der Waals surface area contributed by atoms with Crippen LogP contribution in [0.4, 0.5) is 11.4 Å². The van der Waals surface area contributed by atoms with Crippen molar-refractivity contribution in [3.8, 4) is 0 Å². The van der Waals surface area contributed by atoms with Crippen LogP contribution in [-0.4, -0.2) is 19.9 Å². The lowest BCUT2D eigenvalue weighted by Crippen LogP contribution is -2.02. The Hall–Kier alpha value is -3.09. The summed E-state index contributed by atoms with van der Waals surface area (Å²) < 4.78 is 0. The summed E-state index contributed by atoms with van der Waals surface area (Å²) in [6.45, 7) is 0.512. The van der Waals surface area contributed by atoms with Crippen molar-refractivity contribution in [1.82, 2.24) is 15.0 Å². The summed E-state index contributed by atoms with van der Waals surface area (Å²) in [6.07, 6.45) is 6.27. The lowest BCUT2D eigenvalue weighted by molar-refractivity contribution is -0.383. The first-order valence-electron chi connectivity index (χ1n) is 6.25. The molecule has 0 spiro atoms. The highest BCUT2D eigenvalue weighted by Crippen LogP contribution is 2.30. The summed E-state index contributed by atoms with van der Waals surface area (Å²) in [7, 11) is 0. The van der Waals surface area contributed by atoms with E-state index >= 15 is 0 Å². The molecule has 0 aliphatic heterocycles. The number of aromatic nitrogens is 3. The predicted molar refractivity (Wildman–Crippen MR) is 77.8 cm³/mol. The molecule has 0 aliphatic rings. The van der Waals surface area contributed by atoms with E-state index in [-0.39, 0.29) is 5.69 Å². The van der Waals surface area contributed by atoms with E-state index in [1.54, 1.807) is 24.5 Å². The molecule has 0 saturated heterocycles. The third-order valence-electron chi connectivity index (χ3n) is 3.09. The third kappa shape index (κ3) is 2.62. The van der Waals surface area contributed by atoms with E-state index in [0.29, 0.717) is 11.9 Å². The Morgan fingerprint density at radius 2 is 1.95 bits per heavy atom. The Labute approximate surface area is 119 Å². The van der Waals surface area contributed by atoms with Gasteiger partial charge in [0, 0.05) is 35.7 Å². The summed E-state index contributed by atoms with van der Waals surface area (Å²) in [4.78, 5) is 22.6. The van der Waals surface area contributed by atoms with Crippen molar-refractivity contribution in [2.45, 2.75) is 6.54 Å². The fraction of sp³-hybridized carbons (Fsp3) is 0.0714. The van der Waals surface area contributed by atoms with Crippen LogP contribution in [0.5, 0.6) is 0 Å². The number of pyridine rings is 1. The van der Waals surface area contributed by atoms with Crippen LogP contribution in [0.1, 0.15) is 5.69 Å². The van der Waals surface area contributed by atoms with E-state index < -0.39 is 4.92 Å². The van der Waals surface area contributed by atoms with Gasteiger partial charge in [-0.15, -0.1) is 0 Å². The molecule has 1 N–H and O–H groups in total. The molecule has 0 aliphatic carbocycles. The van der Waals surface area contributed by atoms with Crippen LogP contribution in [0.25, 0.3) is 10.8 Å². The van der Waals surface area contributed by atoms with Crippen molar-refractivity contribution in [3.05, 3.63) is 65.0 Å². The number of hydrogen-bond acceptors (Lipinski definition) is 6. The number of hydrogen-bond donors (Lipinski definition) is 1. The second-order valence-electron chi connectivity index (χ2n) is 4.36. The second kappa shape index (κ2) is 5.49. The van der Waals surface area contributed by atoms with E-state index in [2.05, 4.69) is 20.3 Å². The molecular weight excluding hydrogens is 270 g/mol. The maximum Gasteiger partial charge on any atom is 0.278 e. The van der Waals surface area contributed by atoms with Crippen molar-refractivity contribution >= 4 is 22.1 Å². The molecular formula is C14H11N5O2. The van der Waals surface area contributed by atoms with Gasteiger partial charge in [0.05, 0.1) is 22.5 Å². The van der Waals surface area contributed by atoms with E-state index in [1.807, 2.05) is 6.07 Å². The van der Waals surface area contributed by atoms with Gasteiger partial charge in [-0.25, -0.2) is 9.97 Å². The number of nitrogens with one attached hydrogen (secondary N) is 1. The van der Waals surface area contributed by atoms with Crippen LogP contribution in [0, 0.1) is 10.1 Å².